The Morgan fingerprint density at radius 2 is 1.94 bits per heavy atom. The van der Waals surface area contributed by atoms with E-state index in [1.165, 1.54) is 11.1 Å². The van der Waals surface area contributed by atoms with E-state index in [1.54, 1.807) is 0 Å². The van der Waals surface area contributed by atoms with Crippen molar-refractivity contribution in [3.8, 4) is 0 Å². The highest BCUT2D eigenvalue weighted by molar-refractivity contribution is 5.32. The maximum absolute atomic E-state index is 5.92. The van der Waals surface area contributed by atoms with Crippen molar-refractivity contribution in [2.24, 2.45) is 0 Å². The van der Waals surface area contributed by atoms with Crippen LogP contribution in [0.15, 0.2) is 10.7 Å². The first-order valence-electron chi connectivity index (χ1n) is 6.92. The molecule has 1 aromatic rings. The van der Waals surface area contributed by atoms with Crippen LogP contribution in [-0.4, -0.2) is 23.4 Å². The number of fused-ring (bicyclic) bond motifs is 3. The molecule has 0 aromatic carbocycles. The van der Waals surface area contributed by atoms with Crippen LogP contribution < -0.4 is 0 Å². The lowest BCUT2D eigenvalue weighted by atomic mass is 9.88. The summed E-state index contributed by atoms with van der Waals surface area (Å²) in [4.78, 5) is 0. The molecular formula is C15H20O3. The van der Waals surface area contributed by atoms with Crippen LogP contribution in [0, 0.1) is 6.92 Å². The number of aryl methyl sites for hydroxylation is 1. The van der Waals surface area contributed by atoms with E-state index in [0.29, 0.717) is 12.2 Å². The second kappa shape index (κ2) is 3.20. The van der Waals surface area contributed by atoms with Gasteiger partial charge in [0.15, 0.2) is 0 Å². The Balaban J connectivity index is 1.71. The van der Waals surface area contributed by atoms with E-state index in [1.807, 2.05) is 6.26 Å². The van der Waals surface area contributed by atoms with Gasteiger partial charge in [-0.3, -0.25) is 0 Å². The van der Waals surface area contributed by atoms with Crippen LogP contribution in [0.5, 0.6) is 0 Å². The minimum absolute atomic E-state index is 0.00285. The topological polar surface area (TPSA) is 38.2 Å². The van der Waals surface area contributed by atoms with Crippen LogP contribution in [0.3, 0.4) is 0 Å². The lowest BCUT2D eigenvalue weighted by molar-refractivity contribution is 0.268. The minimum atomic E-state index is -0.00285. The van der Waals surface area contributed by atoms with E-state index in [-0.39, 0.29) is 11.2 Å². The molecule has 3 heteroatoms. The summed E-state index contributed by atoms with van der Waals surface area (Å²) in [5, 5.41) is 0. The highest BCUT2D eigenvalue weighted by atomic mass is 16.6. The van der Waals surface area contributed by atoms with Gasteiger partial charge in [0.25, 0.3) is 0 Å². The third kappa shape index (κ3) is 1.50. The van der Waals surface area contributed by atoms with E-state index in [2.05, 4.69) is 20.8 Å². The fourth-order valence-corrected chi connectivity index (χ4v) is 3.45. The second-order valence-electron chi connectivity index (χ2n) is 6.58. The summed E-state index contributed by atoms with van der Waals surface area (Å²) in [5.74, 6) is 1.11. The van der Waals surface area contributed by atoms with Crippen LogP contribution in [-0.2, 0) is 22.3 Å². The Labute approximate surface area is 107 Å². The van der Waals surface area contributed by atoms with Crippen molar-refractivity contribution in [1.82, 2.24) is 0 Å². The molecule has 0 bridgehead atoms. The van der Waals surface area contributed by atoms with Gasteiger partial charge >= 0.3 is 0 Å². The number of epoxide rings is 2. The van der Waals surface area contributed by atoms with Gasteiger partial charge in [0.1, 0.15) is 5.76 Å². The summed E-state index contributed by atoms with van der Waals surface area (Å²) in [5.41, 5.74) is 2.67. The lowest BCUT2D eigenvalue weighted by Gasteiger charge is -2.11. The number of furan rings is 1. The number of hydrogen-bond donors (Lipinski definition) is 0. The Hall–Kier alpha value is -0.800. The Bertz CT molecular complexity index is 506. The van der Waals surface area contributed by atoms with Crippen molar-refractivity contribution in [3.05, 3.63) is 23.2 Å². The smallest absolute Gasteiger partial charge is 0.110 e. The molecule has 18 heavy (non-hydrogen) atoms. The molecule has 2 aliphatic heterocycles. The van der Waals surface area contributed by atoms with Gasteiger partial charge in [0, 0.05) is 12.8 Å². The maximum Gasteiger partial charge on any atom is 0.110 e. The lowest BCUT2D eigenvalue weighted by Crippen LogP contribution is -2.20. The van der Waals surface area contributed by atoms with Crippen LogP contribution in [0.25, 0.3) is 0 Å². The molecule has 4 atom stereocenters. The maximum atomic E-state index is 5.92. The number of hydrogen-bond acceptors (Lipinski definition) is 3. The molecule has 1 aromatic heterocycles. The summed E-state index contributed by atoms with van der Waals surface area (Å²) in [6.45, 7) is 6.56. The zero-order valence-corrected chi connectivity index (χ0v) is 11.3. The molecule has 2 saturated heterocycles. The third-order valence-electron chi connectivity index (χ3n) is 5.07. The molecule has 98 valence electrons. The molecule has 3 nitrogen and oxygen atoms in total. The van der Waals surface area contributed by atoms with Crippen LogP contribution in [0.4, 0.5) is 0 Å². The van der Waals surface area contributed by atoms with E-state index >= 15 is 0 Å². The number of rotatable bonds is 0. The van der Waals surface area contributed by atoms with Crippen molar-refractivity contribution in [2.45, 2.75) is 69.9 Å². The summed E-state index contributed by atoms with van der Waals surface area (Å²) in [6.07, 6.45) is 6.76. The fourth-order valence-electron chi connectivity index (χ4n) is 3.45. The van der Waals surface area contributed by atoms with Gasteiger partial charge in [-0.1, -0.05) is 0 Å². The molecule has 3 heterocycles. The first-order chi connectivity index (χ1) is 8.50. The van der Waals surface area contributed by atoms with Crippen LogP contribution in [0.1, 0.15) is 43.6 Å². The van der Waals surface area contributed by atoms with Gasteiger partial charge in [0.2, 0.25) is 0 Å². The summed E-state index contributed by atoms with van der Waals surface area (Å²) in [7, 11) is 0. The Kier molecular flexibility index (Phi) is 1.97. The molecule has 2 fully saturated rings. The molecule has 0 saturated carbocycles. The number of ether oxygens (including phenoxy) is 2. The van der Waals surface area contributed by atoms with E-state index in [9.17, 15) is 0 Å². The average molecular weight is 248 g/mol. The zero-order chi connectivity index (χ0) is 12.5. The molecular weight excluding hydrogens is 228 g/mol. The first kappa shape index (κ1) is 11.1. The molecule has 0 unspecified atom stereocenters. The quantitative estimate of drug-likeness (QED) is 0.663. The highest BCUT2D eigenvalue weighted by Crippen LogP contribution is 2.50. The van der Waals surface area contributed by atoms with Gasteiger partial charge in [-0.2, -0.15) is 0 Å². The molecule has 1 aliphatic carbocycles. The molecule has 0 N–H and O–H groups in total. The average Bonchev–Trinajstić information content (AvgIpc) is 3.11. The largest absolute Gasteiger partial charge is 0.469 e. The fraction of sp³-hybridized carbons (Fsp3) is 0.733. The third-order valence-corrected chi connectivity index (χ3v) is 5.07. The van der Waals surface area contributed by atoms with Crippen LogP contribution >= 0.6 is 0 Å². The van der Waals surface area contributed by atoms with Gasteiger partial charge in [-0.25, -0.2) is 0 Å². The zero-order valence-electron chi connectivity index (χ0n) is 11.3. The van der Waals surface area contributed by atoms with Crippen molar-refractivity contribution in [2.75, 3.05) is 0 Å². The molecule has 4 rings (SSSR count). The standard InChI is InChI=1S/C15H20O3/c1-9-8-16-11-7-15(3)12(17-15)4-5-14(2)13(18-14)6-10(9)11/h8,12-13H,4-7H2,1-3H3/t12-,13-,14+,15+/m0/s1. The van der Waals surface area contributed by atoms with Crippen molar-refractivity contribution in [3.63, 3.8) is 0 Å². The molecule has 3 aliphatic rings. The molecule has 0 spiro atoms. The minimum Gasteiger partial charge on any atom is -0.469 e. The van der Waals surface area contributed by atoms with Gasteiger partial charge in [-0.15, -0.1) is 0 Å². The summed E-state index contributed by atoms with van der Waals surface area (Å²) >= 11 is 0. The van der Waals surface area contributed by atoms with Gasteiger partial charge in [-0.05, 0) is 44.7 Å². The van der Waals surface area contributed by atoms with E-state index < -0.39 is 0 Å². The van der Waals surface area contributed by atoms with Gasteiger partial charge in [0.05, 0.1) is 29.7 Å². The van der Waals surface area contributed by atoms with Crippen molar-refractivity contribution >= 4 is 0 Å². The summed E-state index contributed by atoms with van der Waals surface area (Å²) in [6, 6.07) is 0. The monoisotopic (exact) mass is 248 g/mol. The normalized spacial score (nSPS) is 45.7. The van der Waals surface area contributed by atoms with E-state index in [4.69, 9.17) is 13.9 Å². The highest BCUT2D eigenvalue weighted by Gasteiger charge is 2.58. The van der Waals surface area contributed by atoms with Crippen LogP contribution in [0.2, 0.25) is 0 Å². The van der Waals surface area contributed by atoms with Crippen molar-refractivity contribution in [1.29, 1.82) is 0 Å². The Morgan fingerprint density at radius 3 is 2.78 bits per heavy atom. The summed E-state index contributed by atoms with van der Waals surface area (Å²) < 4.78 is 17.6. The van der Waals surface area contributed by atoms with E-state index in [0.717, 1.165) is 31.4 Å². The predicted molar refractivity (Wildman–Crippen MR) is 66.6 cm³/mol. The Morgan fingerprint density at radius 1 is 1.17 bits per heavy atom. The van der Waals surface area contributed by atoms with Gasteiger partial charge < -0.3 is 13.9 Å². The first-order valence-corrected chi connectivity index (χ1v) is 6.92. The van der Waals surface area contributed by atoms with Crippen molar-refractivity contribution < 1.29 is 13.9 Å². The predicted octanol–water partition coefficient (Wildman–Crippen LogP) is 2.78. The second-order valence-corrected chi connectivity index (χ2v) is 6.58. The molecule has 0 amide bonds. The molecule has 0 radical (unpaired) electrons. The SMILES string of the molecule is Cc1coc2c1C[C@@H]1O[C@]1(C)CC[C@@H]1O[C@]1(C)C2.